The van der Waals surface area contributed by atoms with Gasteiger partial charge in [-0.25, -0.2) is 13.1 Å². The van der Waals surface area contributed by atoms with Crippen LogP contribution in [0.4, 0.5) is 0 Å². The molecule has 0 aromatic heterocycles. The van der Waals surface area contributed by atoms with Crippen molar-refractivity contribution in [3.8, 4) is 0 Å². The molecule has 0 saturated heterocycles. The van der Waals surface area contributed by atoms with Crippen LogP contribution in [0.1, 0.15) is 39.0 Å². The molecule has 0 amide bonds. The third-order valence-electron chi connectivity index (χ3n) is 3.11. The molecule has 0 spiro atoms. The van der Waals surface area contributed by atoms with Crippen molar-refractivity contribution in [1.29, 1.82) is 0 Å². The molecule has 1 rings (SSSR count). The largest absolute Gasteiger partial charge is 0.481 e. The van der Waals surface area contributed by atoms with E-state index >= 15 is 0 Å². The van der Waals surface area contributed by atoms with E-state index < -0.39 is 16.0 Å². The van der Waals surface area contributed by atoms with E-state index in [0.29, 0.717) is 6.54 Å². The molecule has 1 fully saturated rings. The molecule has 0 atom stereocenters. The lowest BCUT2D eigenvalue weighted by molar-refractivity contribution is -0.136. The first-order chi connectivity index (χ1) is 7.33. The number of hydrogen-bond acceptors (Lipinski definition) is 3. The second kappa shape index (κ2) is 5.14. The standard InChI is InChI=1S/C10H19NO4S/c1-10(5-2-3-6-10)8-11-16(14,15)7-4-9(12)13/h11H,2-8H2,1H3,(H,12,13). The average Bonchev–Trinajstić information content (AvgIpc) is 2.61. The normalized spacial score (nSPS) is 19.8. The number of hydrogen-bond donors (Lipinski definition) is 2. The zero-order valence-corrected chi connectivity index (χ0v) is 10.3. The highest BCUT2D eigenvalue weighted by Crippen LogP contribution is 2.36. The third-order valence-corrected chi connectivity index (χ3v) is 4.44. The van der Waals surface area contributed by atoms with Crippen molar-refractivity contribution in [1.82, 2.24) is 4.72 Å². The van der Waals surface area contributed by atoms with Gasteiger partial charge in [0.15, 0.2) is 0 Å². The summed E-state index contributed by atoms with van der Waals surface area (Å²) < 4.78 is 25.4. The Balaban J connectivity index is 2.38. The summed E-state index contributed by atoms with van der Waals surface area (Å²) in [6.45, 7) is 2.49. The van der Waals surface area contributed by atoms with Crippen LogP contribution < -0.4 is 4.72 Å². The molecular weight excluding hydrogens is 230 g/mol. The van der Waals surface area contributed by atoms with Gasteiger partial charge < -0.3 is 5.11 Å². The Hall–Kier alpha value is -0.620. The minimum atomic E-state index is -3.43. The molecule has 1 saturated carbocycles. The summed E-state index contributed by atoms with van der Waals surface area (Å²) in [5.74, 6) is -1.42. The highest BCUT2D eigenvalue weighted by Gasteiger charge is 2.29. The maximum absolute atomic E-state index is 11.5. The number of carboxylic acid groups (broad SMARTS) is 1. The molecular formula is C10H19NO4S. The van der Waals surface area contributed by atoms with Gasteiger partial charge in [-0.05, 0) is 18.3 Å². The van der Waals surface area contributed by atoms with E-state index in [1.807, 2.05) is 0 Å². The van der Waals surface area contributed by atoms with E-state index in [2.05, 4.69) is 11.6 Å². The Labute approximate surface area is 96.3 Å². The predicted octanol–water partition coefficient (Wildman–Crippen LogP) is 0.961. The second-order valence-corrected chi connectivity index (χ2v) is 6.73. The molecule has 0 radical (unpaired) electrons. The summed E-state index contributed by atoms with van der Waals surface area (Å²) in [5.41, 5.74) is 0.0519. The van der Waals surface area contributed by atoms with Gasteiger partial charge in [0.2, 0.25) is 10.0 Å². The maximum atomic E-state index is 11.5. The second-order valence-electron chi connectivity index (χ2n) is 4.80. The van der Waals surface area contributed by atoms with Crippen molar-refractivity contribution in [3.63, 3.8) is 0 Å². The minimum absolute atomic E-state index is 0.0519. The van der Waals surface area contributed by atoms with Crippen LogP contribution in [-0.4, -0.2) is 31.8 Å². The van der Waals surface area contributed by atoms with E-state index in [0.717, 1.165) is 25.7 Å². The Kier molecular flexibility index (Phi) is 4.32. The molecule has 1 aliphatic rings. The third kappa shape index (κ3) is 4.49. The van der Waals surface area contributed by atoms with E-state index in [4.69, 9.17) is 5.11 Å². The zero-order chi connectivity index (χ0) is 12.2. The van der Waals surface area contributed by atoms with Crippen LogP contribution in [0.5, 0.6) is 0 Å². The van der Waals surface area contributed by atoms with Gasteiger partial charge in [0.25, 0.3) is 0 Å². The van der Waals surface area contributed by atoms with Gasteiger partial charge in [0.05, 0.1) is 12.2 Å². The first-order valence-corrected chi connectivity index (χ1v) is 7.17. The van der Waals surface area contributed by atoms with Gasteiger partial charge in [0, 0.05) is 6.54 Å². The van der Waals surface area contributed by atoms with Crippen LogP contribution in [0, 0.1) is 5.41 Å². The first kappa shape index (κ1) is 13.4. The molecule has 0 unspecified atom stereocenters. The van der Waals surface area contributed by atoms with Gasteiger partial charge in [-0.3, -0.25) is 4.79 Å². The number of carbonyl (C=O) groups is 1. The Morgan fingerprint density at radius 1 is 1.38 bits per heavy atom. The molecule has 2 N–H and O–H groups in total. The van der Waals surface area contributed by atoms with Crippen LogP contribution in [-0.2, 0) is 14.8 Å². The highest BCUT2D eigenvalue weighted by atomic mass is 32.2. The molecule has 0 heterocycles. The van der Waals surface area contributed by atoms with E-state index in [-0.39, 0.29) is 17.6 Å². The van der Waals surface area contributed by atoms with Crippen molar-refractivity contribution in [2.45, 2.75) is 39.0 Å². The molecule has 16 heavy (non-hydrogen) atoms. The molecule has 0 aliphatic heterocycles. The smallest absolute Gasteiger partial charge is 0.304 e. The number of carboxylic acids is 1. The molecule has 1 aliphatic carbocycles. The SMILES string of the molecule is CC1(CNS(=O)(=O)CCC(=O)O)CCCC1. The molecule has 0 aromatic rings. The summed E-state index contributed by atoms with van der Waals surface area (Å²) >= 11 is 0. The fourth-order valence-corrected chi connectivity index (χ4v) is 3.14. The van der Waals surface area contributed by atoms with Crippen LogP contribution in [0.2, 0.25) is 0 Å². The van der Waals surface area contributed by atoms with Crippen LogP contribution >= 0.6 is 0 Å². The lowest BCUT2D eigenvalue weighted by Crippen LogP contribution is -2.35. The van der Waals surface area contributed by atoms with Crippen LogP contribution in [0.25, 0.3) is 0 Å². The highest BCUT2D eigenvalue weighted by molar-refractivity contribution is 7.89. The lowest BCUT2D eigenvalue weighted by Gasteiger charge is -2.23. The number of nitrogens with one attached hydrogen (secondary N) is 1. The fraction of sp³-hybridized carbons (Fsp3) is 0.900. The zero-order valence-electron chi connectivity index (χ0n) is 9.53. The number of aliphatic carboxylic acids is 1. The summed E-state index contributed by atoms with van der Waals surface area (Å²) in [6.07, 6.45) is 4.02. The van der Waals surface area contributed by atoms with Crippen molar-refractivity contribution < 1.29 is 18.3 Å². The van der Waals surface area contributed by atoms with Gasteiger partial charge in [-0.2, -0.15) is 0 Å². The number of sulfonamides is 1. The predicted molar refractivity (Wildman–Crippen MR) is 60.6 cm³/mol. The first-order valence-electron chi connectivity index (χ1n) is 5.52. The van der Waals surface area contributed by atoms with E-state index in [9.17, 15) is 13.2 Å². The Bertz CT molecular complexity index is 344. The fourth-order valence-electron chi connectivity index (χ4n) is 1.98. The Morgan fingerprint density at radius 3 is 2.44 bits per heavy atom. The van der Waals surface area contributed by atoms with E-state index in [1.54, 1.807) is 0 Å². The van der Waals surface area contributed by atoms with E-state index in [1.165, 1.54) is 0 Å². The van der Waals surface area contributed by atoms with Crippen molar-refractivity contribution in [2.24, 2.45) is 5.41 Å². The average molecular weight is 249 g/mol. The van der Waals surface area contributed by atoms with Gasteiger partial charge in [0.1, 0.15) is 0 Å². The molecule has 0 aromatic carbocycles. The molecule has 6 heteroatoms. The minimum Gasteiger partial charge on any atom is -0.481 e. The monoisotopic (exact) mass is 249 g/mol. The quantitative estimate of drug-likeness (QED) is 0.734. The Morgan fingerprint density at radius 2 is 1.94 bits per heavy atom. The van der Waals surface area contributed by atoms with Crippen molar-refractivity contribution in [2.75, 3.05) is 12.3 Å². The van der Waals surface area contributed by atoms with Gasteiger partial charge in [-0.15, -0.1) is 0 Å². The topological polar surface area (TPSA) is 83.5 Å². The van der Waals surface area contributed by atoms with Crippen molar-refractivity contribution >= 4 is 16.0 Å². The molecule has 94 valence electrons. The number of rotatable bonds is 6. The van der Waals surface area contributed by atoms with Crippen molar-refractivity contribution in [3.05, 3.63) is 0 Å². The molecule has 5 nitrogen and oxygen atoms in total. The summed E-state index contributed by atoms with van der Waals surface area (Å²) in [6, 6.07) is 0. The van der Waals surface area contributed by atoms with Crippen LogP contribution in [0.3, 0.4) is 0 Å². The molecule has 0 bridgehead atoms. The van der Waals surface area contributed by atoms with Gasteiger partial charge >= 0.3 is 5.97 Å². The van der Waals surface area contributed by atoms with Crippen LogP contribution in [0.15, 0.2) is 0 Å². The summed E-state index contributed by atoms with van der Waals surface area (Å²) in [7, 11) is -3.43. The lowest BCUT2D eigenvalue weighted by atomic mass is 9.89. The van der Waals surface area contributed by atoms with Gasteiger partial charge in [-0.1, -0.05) is 19.8 Å². The maximum Gasteiger partial charge on any atom is 0.304 e. The summed E-state index contributed by atoms with van der Waals surface area (Å²) in [4.78, 5) is 10.3. The summed E-state index contributed by atoms with van der Waals surface area (Å²) in [5, 5.41) is 8.42.